The highest BCUT2D eigenvalue weighted by molar-refractivity contribution is 6.48. The number of rotatable bonds is 7. The lowest BCUT2D eigenvalue weighted by atomic mass is 9.93. The molecule has 7 heteroatoms. The molecule has 3 heterocycles. The summed E-state index contributed by atoms with van der Waals surface area (Å²) in [7, 11) is 0. The van der Waals surface area contributed by atoms with Gasteiger partial charge in [0.15, 0.2) is 0 Å². The smallest absolute Gasteiger partial charge is 0.274 e. The van der Waals surface area contributed by atoms with E-state index in [1.54, 1.807) is 18.3 Å². The molecule has 0 unspecified atom stereocenters. The molecule has 4 N–H and O–H groups in total. The van der Waals surface area contributed by atoms with Gasteiger partial charge in [-0.15, -0.1) is 0 Å². The Hall–Kier alpha value is -3.58. The number of carbonyl (C=O) groups is 1. The van der Waals surface area contributed by atoms with E-state index >= 15 is 0 Å². The second kappa shape index (κ2) is 13.7. The molecule has 1 aromatic carbocycles. The number of likely N-dealkylation sites (tertiary alicyclic amines) is 1. The van der Waals surface area contributed by atoms with E-state index in [-0.39, 0.29) is 5.71 Å². The topological polar surface area (TPSA) is 108 Å². The quantitative estimate of drug-likeness (QED) is 0.223. The Morgan fingerprint density at radius 1 is 0.900 bits per heavy atom. The van der Waals surface area contributed by atoms with Gasteiger partial charge in [0.05, 0.1) is 0 Å². The fraction of sp³-hybridized carbons (Fsp3) is 0.455. The number of anilines is 2. The number of nitrogens with one attached hydrogen (secondary N) is 2. The Morgan fingerprint density at radius 2 is 1.62 bits per heavy atom. The minimum absolute atomic E-state index is 0.155. The van der Waals surface area contributed by atoms with Crippen LogP contribution in [0.2, 0.25) is 0 Å². The third-order valence-corrected chi connectivity index (χ3v) is 8.35. The molecule has 5 rings (SSSR count). The van der Waals surface area contributed by atoms with Gasteiger partial charge >= 0.3 is 0 Å². The lowest BCUT2D eigenvalue weighted by Gasteiger charge is -2.26. The summed E-state index contributed by atoms with van der Waals surface area (Å²) < 4.78 is 0. The van der Waals surface area contributed by atoms with E-state index in [4.69, 9.17) is 11.1 Å². The second-order valence-electron chi connectivity index (χ2n) is 11.4. The maximum atomic E-state index is 13.2. The van der Waals surface area contributed by atoms with Gasteiger partial charge in [-0.1, -0.05) is 51.0 Å². The SMILES string of the molecule is N=C(C(=O)Nc1ccnc(C2CCCCCCCC2)c1)c1cc(-c2cncc(CN3CCCCC3)c2)ccc1N. The molecule has 1 amide bonds. The van der Waals surface area contributed by atoms with Crippen LogP contribution in [0.1, 0.15) is 93.4 Å². The molecule has 3 aromatic rings. The van der Waals surface area contributed by atoms with Gasteiger partial charge in [-0.3, -0.25) is 25.1 Å². The van der Waals surface area contributed by atoms with E-state index < -0.39 is 5.91 Å². The first-order valence-electron chi connectivity index (χ1n) is 15.0. The zero-order valence-electron chi connectivity index (χ0n) is 23.5. The van der Waals surface area contributed by atoms with Gasteiger partial charge in [-0.2, -0.15) is 0 Å². The van der Waals surface area contributed by atoms with Gasteiger partial charge in [0.25, 0.3) is 5.91 Å². The predicted octanol–water partition coefficient (Wildman–Crippen LogP) is 6.94. The molecule has 0 bridgehead atoms. The standard InChI is InChI=1S/C33H42N6O/c34-30-13-12-26(27-18-24(21-36-22-27)23-39-16-8-5-9-17-39)19-29(30)32(35)33(40)38-28-14-15-37-31(20-28)25-10-6-3-1-2-4-7-11-25/h12-15,18-22,25,35H,1-11,16-17,23,34H2,(H,37,38,40). The van der Waals surface area contributed by atoms with Crippen molar-refractivity contribution in [1.29, 1.82) is 5.41 Å². The third-order valence-electron chi connectivity index (χ3n) is 8.35. The van der Waals surface area contributed by atoms with Crippen molar-refractivity contribution in [1.82, 2.24) is 14.9 Å². The Morgan fingerprint density at radius 3 is 2.40 bits per heavy atom. The minimum Gasteiger partial charge on any atom is -0.398 e. The highest BCUT2D eigenvalue weighted by atomic mass is 16.1. The van der Waals surface area contributed by atoms with Crippen LogP contribution in [0.3, 0.4) is 0 Å². The van der Waals surface area contributed by atoms with Gasteiger partial charge in [-0.25, -0.2) is 0 Å². The monoisotopic (exact) mass is 538 g/mol. The molecule has 0 radical (unpaired) electrons. The Kier molecular flexibility index (Phi) is 9.55. The average Bonchev–Trinajstić information content (AvgIpc) is 3.12. The number of nitrogens with two attached hydrogens (primary N) is 1. The first-order chi connectivity index (χ1) is 19.6. The number of hydrogen-bond acceptors (Lipinski definition) is 6. The van der Waals surface area contributed by atoms with Crippen LogP contribution < -0.4 is 11.1 Å². The van der Waals surface area contributed by atoms with E-state index in [9.17, 15) is 4.79 Å². The van der Waals surface area contributed by atoms with E-state index in [2.05, 4.69) is 26.3 Å². The Labute approximate surface area is 238 Å². The first kappa shape index (κ1) is 28.0. The van der Waals surface area contributed by atoms with Crippen molar-refractivity contribution in [3.63, 3.8) is 0 Å². The normalized spacial score (nSPS) is 17.4. The molecule has 1 saturated heterocycles. The van der Waals surface area contributed by atoms with E-state index in [1.807, 2.05) is 30.6 Å². The van der Waals surface area contributed by atoms with Gasteiger partial charge in [0.1, 0.15) is 5.71 Å². The van der Waals surface area contributed by atoms with Crippen LogP contribution in [0.5, 0.6) is 0 Å². The Bertz CT molecular complexity index is 1310. The number of pyridine rings is 2. The van der Waals surface area contributed by atoms with Gasteiger partial charge < -0.3 is 11.1 Å². The number of nitrogen functional groups attached to an aromatic ring is 1. The van der Waals surface area contributed by atoms with Crippen molar-refractivity contribution in [2.75, 3.05) is 24.1 Å². The average molecular weight is 539 g/mol. The molecule has 1 saturated carbocycles. The van der Waals surface area contributed by atoms with Crippen molar-refractivity contribution in [3.05, 3.63) is 71.8 Å². The third kappa shape index (κ3) is 7.33. The molecule has 1 aliphatic carbocycles. The largest absolute Gasteiger partial charge is 0.398 e. The molecule has 2 fully saturated rings. The first-order valence-corrected chi connectivity index (χ1v) is 15.0. The number of piperidine rings is 1. The maximum Gasteiger partial charge on any atom is 0.274 e. The summed E-state index contributed by atoms with van der Waals surface area (Å²) in [4.78, 5) is 24.8. The Balaban J connectivity index is 1.28. The molecule has 0 spiro atoms. The lowest BCUT2D eigenvalue weighted by Crippen LogP contribution is -2.29. The van der Waals surface area contributed by atoms with E-state index in [0.29, 0.717) is 22.9 Å². The summed E-state index contributed by atoms with van der Waals surface area (Å²) >= 11 is 0. The zero-order valence-corrected chi connectivity index (χ0v) is 23.5. The maximum absolute atomic E-state index is 13.2. The van der Waals surface area contributed by atoms with Crippen LogP contribution in [0.4, 0.5) is 11.4 Å². The second-order valence-corrected chi connectivity index (χ2v) is 11.4. The minimum atomic E-state index is -0.479. The highest BCUT2D eigenvalue weighted by Crippen LogP contribution is 2.31. The number of nitrogens with zero attached hydrogens (tertiary/aromatic N) is 3. The van der Waals surface area contributed by atoms with Crippen LogP contribution in [-0.2, 0) is 11.3 Å². The number of hydrogen-bond donors (Lipinski definition) is 3. The molecule has 2 aliphatic rings. The lowest BCUT2D eigenvalue weighted by molar-refractivity contribution is -0.110. The van der Waals surface area contributed by atoms with Crippen molar-refractivity contribution in [2.24, 2.45) is 0 Å². The van der Waals surface area contributed by atoms with Gasteiger partial charge in [0, 0.05) is 59.2 Å². The number of carbonyl (C=O) groups excluding carboxylic acids is 1. The van der Waals surface area contributed by atoms with Crippen molar-refractivity contribution < 1.29 is 4.79 Å². The zero-order chi connectivity index (χ0) is 27.7. The summed E-state index contributed by atoms with van der Waals surface area (Å²) in [6.07, 6.45) is 19.3. The molecule has 210 valence electrons. The summed E-state index contributed by atoms with van der Waals surface area (Å²) in [5.74, 6) is -0.0616. The van der Waals surface area contributed by atoms with Crippen LogP contribution >= 0.6 is 0 Å². The molecule has 2 aromatic heterocycles. The molecule has 40 heavy (non-hydrogen) atoms. The van der Waals surface area contributed by atoms with Crippen LogP contribution in [0.25, 0.3) is 11.1 Å². The van der Waals surface area contributed by atoms with Gasteiger partial charge in [0.2, 0.25) is 0 Å². The molecule has 7 nitrogen and oxygen atoms in total. The summed E-state index contributed by atoms with van der Waals surface area (Å²) in [5, 5.41) is 11.6. The number of aromatic nitrogens is 2. The predicted molar refractivity (Wildman–Crippen MR) is 163 cm³/mol. The fourth-order valence-corrected chi connectivity index (χ4v) is 6.05. The summed E-state index contributed by atoms with van der Waals surface area (Å²) in [6.45, 7) is 3.14. The van der Waals surface area contributed by atoms with Crippen molar-refractivity contribution in [2.45, 2.75) is 83.1 Å². The van der Waals surface area contributed by atoms with Crippen molar-refractivity contribution in [3.8, 4) is 11.1 Å². The highest BCUT2D eigenvalue weighted by Gasteiger charge is 2.19. The van der Waals surface area contributed by atoms with E-state index in [0.717, 1.165) is 49.3 Å². The summed E-state index contributed by atoms with van der Waals surface area (Å²) in [5.41, 5.74) is 11.6. The molecule has 0 atom stereocenters. The number of amides is 1. The van der Waals surface area contributed by atoms with Crippen LogP contribution in [-0.4, -0.2) is 39.6 Å². The van der Waals surface area contributed by atoms with Crippen molar-refractivity contribution >= 4 is 23.0 Å². The number of benzene rings is 1. The molecular weight excluding hydrogens is 496 g/mol. The van der Waals surface area contributed by atoms with Gasteiger partial charge in [-0.05, 0) is 80.2 Å². The fourth-order valence-electron chi connectivity index (χ4n) is 6.05. The van der Waals surface area contributed by atoms with E-state index in [1.165, 1.54) is 63.4 Å². The van der Waals surface area contributed by atoms with Crippen LogP contribution in [0, 0.1) is 5.41 Å². The summed E-state index contributed by atoms with van der Waals surface area (Å²) in [6, 6.07) is 11.4. The molecular formula is C33H42N6O. The van der Waals surface area contributed by atoms with Crippen LogP contribution in [0.15, 0.2) is 55.0 Å². The molecule has 1 aliphatic heterocycles.